The summed E-state index contributed by atoms with van der Waals surface area (Å²) in [6, 6.07) is 8.03. The first-order valence-electron chi connectivity index (χ1n) is 6.19. The van der Waals surface area contributed by atoms with E-state index >= 15 is 0 Å². The van der Waals surface area contributed by atoms with Gasteiger partial charge in [-0.2, -0.15) is 5.10 Å². The Morgan fingerprint density at radius 1 is 1.42 bits per heavy atom. The molecule has 2 rings (SSSR count). The normalized spacial score (nSPS) is 12.5. The number of benzene rings is 1. The summed E-state index contributed by atoms with van der Waals surface area (Å²) in [5, 5.41) is 5.09. The second-order valence-electron chi connectivity index (χ2n) is 4.79. The molecular weight excluding hydrogens is 260 g/mol. The minimum absolute atomic E-state index is 0.163. The summed E-state index contributed by atoms with van der Waals surface area (Å²) in [7, 11) is 3.91. The Kier molecular flexibility index (Phi) is 3.71. The lowest BCUT2D eigenvalue weighted by atomic mass is 10.1. The molecule has 0 fully saturated rings. The van der Waals surface area contributed by atoms with Gasteiger partial charge in [0.2, 0.25) is 0 Å². The number of nitrogens with zero attached hydrogens (tertiary/aromatic N) is 3. The van der Waals surface area contributed by atoms with E-state index in [-0.39, 0.29) is 6.04 Å². The summed E-state index contributed by atoms with van der Waals surface area (Å²) in [6.07, 6.45) is 0. The lowest BCUT2D eigenvalue weighted by Crippen LogP contribution is -2.24. The van der Waals surface area contributed by atoms with Gasteiger partial charge >= 0.3 is 0 Å². The van der Waals surface area contributed by atoms with E-state index in [9.17, 15) is 0 Å². The van der Waals surface area contributed by atoms with Gasteiger partial charge in [-0.3, -0.25) is 4.68 Å². The summed E-state index contributed by atoms with van der Waals surface area (Å²) in [5.41, 5.74) is 8.82. The van der Waals surface area contributed by atoms with E-state index in [2.05, 4.69) is 23.0 Å². The molecule has 1 aromatic carbocycles. The van der Waals surface area contributed by atoms with Crippen molar-refractivity contribution in [1.82, 2.24) is 9.78 Å². The quantitative estimate of drug-likeness (QED) is 0.938. The minimum Gasteiger partial charge on any atom is -0.394 e. The Labute approximate surface area is 118 Å². The van der Waals surface area contributed by atoms with Crippen LogP contribution in [-0.4, -0.2) is 16.8 Å². The van der Waals surface area contributed by atoms with E-state index in [0.29, 0.717) is 0 Å². The highest BCUT2D eigenvalue weighted by Crippen LogP contribution is 2.31. The molecule has 2 aromatic rings. The van der Waals surface area contributed by atoms with Gasteiger partial charge in [0.05, 0.1) is 17.4 Å². The highest BCUT2D eigenvalue weighted by atomic mass is 35.5. The maximum atomic E-state index is 6.10. The van der Waals surface area contributed by atoms with Crippen LogP contribution in [0.3, 0.4) is 0 Å². The Balaban J connectivity index is 2.36. The van der Waals surface area contributed by atoms with E-state index in [0.717, 1.165) is 27.8 Å². The Hall–Kier alpha value is -1.68. The molecule has 1 aromatic heterocycles. The van der Waals surface area contributed by atoms with E-state index in [1.54, 1.807) is 0 Å². The van der Waals surface area contributed by atoms with Crippen molar-refractivity contribution in [1.29, 1.82) is 0 Å². The van der Waals surface area contributed by atoms with Crippen molar-refractivity contribution in [2.24, 2.45) is 7.05 Å². The number of rotatable bonds is 3. The fraction of sp³-hybridized carbons (Fsp3) is 0.357. The van der Waals surface area contributed by atoms with E-state index in [4.69, 9.17) is 17.3 Å². The summed E-state index contributed by atoms with van der Waals surface area (Å²) in [4.78, 5) is 2.11. The van der Waals surface area contributed by atoms with Crippen molar-refractivity contribution in [2.75, 3.05) is 17.7 Å². The molecule has 0 amide bonds. The number of hydrogen-bond donors (Lipinski definition) is 1. The number of nitrogens with two attached hydrogens (primary N) is 1. The van der Waals surface area contributed by atoms with Crippen molar-refractivity contribution in [3.63, 3.8) is 0 Å². The predicted molar refractivity (Wildman–Crippen MR) is 80.6 cm³/mol. The van der Waals surface area contributed by atoms with Crippen LogP contribution in [-0.2, 0) is 7.05 Å². The molecule has 0 saturated heterocycles. The molecule has 102 valence electrons. The molecule has 0 aliphatic rings. The van der Waals surface area contributed by atoms with Gasteiger partial charge in [-0.25, -0.2) is 0 Å². The second kappa shape index (κ2) is 5.13. The first-order chi connectivity index (χ1) is 8.91. The van der Waals surface area contributed by atoms with Crippen LogP contribution >= 0.6 is 11.6 Å². The first kappa shape index (κ1) is 13.7. The molecule has 0 aliphatic carbocycles. The smallest absolute Gasteiger partial charge is 0.150 e. The van der Waals surface area contributed by atoms with Gasteiger partial charge in [0.25, 0.3) is 0 Å². The summed E-state index contributed by atoms with van der Waals surface area (Å²) >= 11 is 6.05. The lowest BCUT2D eigenvalue weighted by molar-refractivity contribution is 0.674. The highest BCUT2D eigenvalue weighted by molar-refractivity contribution is 6.30. The van der Waals surface area contributed by atoms with Crippen LogP contribution in [0.4, 0.5) is 11.5 Å². The summed E-state index contributed by atoms with van der Waals surface area (Å²) in [5.74, 6) is 0.921. The fourth-order valence-electron chi connectivity index (χ4n) is 2.25. The SMILES string of the molecule is Cc1nn(C)c(N(C)C(C)c2cccc(Cl)c2)c1N. The van der Waals surface area contributed by atoms with Crippen molar-refractivity contribution in [3.8, 4) is 0 Å². The zero-order chi connectivity index (χ0) is 14.2. The molecule has 1 heterocycles. The molecule has 0 radical (unpaired) electrons. The second-order valence-corrected chi connectivity index (χ2v) is 5.22. The average Bonchev–Trinajstić information content (AvgIpc) is 2.61. The summed E-state index contributed by atoms with van der Waals surface area (Å²) in [6.45, 7) is 4.03. The van der Waals surface area contributed by atoms with E-state index in [1.807, 2.05) is 43.9 Å². The van der Waals surface area contributed by atoms with Gasteiger partial charge < -0.3 is 10.6 Å². The van der Waals surface area contributed by atoms with Crippen molar-refractivity contribution in [3.05, 3.63) is 40.5 Å². The maximum absolute atomic E-state index is 6.10. The van der Waals surface area contributed by atoms with Gasteiger partial charge in [0, 0.05) is 19.1 Å². The van der Waals surface area contributed by atoms with Crippen LogP contribution in [0, 0.1) is 6.92 Å². The third kappa shape index (κ3) is 2.54. The van der Waals surface area contributed by atoms with E-state index in [1.165, 1.54) is 0 Å². The first-order valence-corrected chi connectivity index (χ1v) is 6.57. The van der Waals surface area contributed by atoms with E-state index < -0.39 is 0 Å². The zero-order valence-electron chi connectivity index (χ0n) is 11.7. The molecule has 0 bridgehead atoms. The molecule has 4 nitrogen and oxygen atoms in total. The lowest BCUT2D eigenvalue weighted by Gasteiger charge is -2.27. The van der Waals surface area contributed by atoms with Gasteiger partial charge in [0.15, 0.2) is 5.82 Å². The molecule has 0 saturated carbocycles. The third-order valence-electron chi connectivity index (χ3n) is 3.48. The standard InChI is InChI=1S/C14H19ClN4/c1-9-13(16)14(19(4)17-9)18(3)10(2)11-6-5-7-12(15)8-11/h5-8,10H,16H2,1-4H3. The van der Waals surface area contributed by atoms with Crippen molar-refractivity contribution < 1.29 is 0 Å². The molecule has 2 N–H and O–H groups in total. The molecule has 0 aliphatic heterocycles. The van der Waals surface area contributed by atoms with Crippen LogP contribution in [0.1, 0.15) is 24.2 Å². The number of anilines is 2. The molecular formula is C14H19ClN4. The van der Waals surface area contributed by atoms with Crippen LogP contribution in [0.2, 0.25) is 5.02 Å². The van der Waals surface area contributed by atoms with Gasteiger partial charge in [-0.05, 0) is 31.5 Å². The minimum atomic E-state index is 0.163. The number of aryl methyl sites for hydroxylation is 2. The molecule has 1 atom stereocenters. The van der Waals surface area contributed by atoms with Crippen LogP contribution in [0.25, 0.3) is 0 Å². The van der Waals surface area contributed by atoms with Crippen LogP contribution in [0.15, 0.2) is 24.3 Å². The third-order valence-corrected chi connectivity index (χ3v) is 3.72. The number of nitrogen functional groups attached to an aromatic ring is 1. The number of halogens is 1. The Morgan fingerprint density at radius 2 is 2.11 bits per heavy atom. The average molecular weight is 279 g/mol. The largest absolute Gasteiger partial charge is 0.394 e. The van der Waals surface area contributed by atoms with Crippen LogP contribution < -0.4 is 10.6 Å². The van der Waals surface area contributed by atoms with Crippen LogP contribution in [0.5, 0.6) is 0 Å². The molecule has 19 heavy (non-hydrogen) atoms. The predicted octanol–water partition coefficient (Wildman–Crippen LogP) is 3.16. The Morgan fingerprint density at radius 3 is 2.63 bits per heavy atom. The van der Waals surface area contributed by atoms with Gasteiger partial charge in [-0.15, -0.1) is 0 Å². The van der Waals surface area contributed by atoms with Crippen molar-refractivity contribution >= 4 is 23.1 Å². The summed E-state index contributed by atoms with van der Waals surface area (Å²) < 4.78 is 1.81. The molecule has 0 spiro atoms. The maximum Gasteiger partial charge on any atom is 0.150 e. The fourth-order valence-corrected chi connectivity index (χ4v) is 2.45. The van der Waals surface area contributed by atoms with Gasteiger partial charge in [-0.1, -0.05) is 23.7 Å². The molecule has 5 heteroatoms. The highest BCUT2D eigenvalue weighted by Gasteiger charge is 2.19. The van der Waals surface area contributed by atoms with Gasteiger partial charge in [0.1, 0.15) is 0 Å². The zero-order valence-corrected chi connectivity index (χ0v) is 12.4. The van der Waals surface area contributed by atoms with Crippen molar-refractivity contribution in [2.45, 2.75) is 19.9 Å². The Bertz CT molecular complexity index is 591. The monoisotopic (exact) mass is 278 g/mol. The molecule has 1 unspecified atom stereocenters. The topological polar surface area (TPSA) is 47.1 Å². The number of aromatic nitrogens is 2. The number of hydrogen-bond acceptors (Lipinski definition) is 3.